The lowest BCUT2D eigenvalue weighted by molar-refractivity contribution is 0.0149. The molecule has 0 spiro atoms. The number of thioether (sulfide) groups is 1. The Morgan fingerprint density at radius 3 is 2.84 bits per heavy atom. The normalized spacial score (nSPS) is 23.4. The standard InChI is InChI=1S/C17H26OS/c1-2-3-5-11-16-17(12-8-13-18-16)19-14-15-9-6-4-7-10-15/h4,6-7,9-10,16-17H,2-3,5,8,11-14H2,1H3/t16-,17+/m1/s1. The molecule has 106 valence electrons. The van der Waals surface area contributed by atoms with Gasteiger partial charge in [0.2, 0.25) is 0 Å². The van der Waals surface area contributed by atoms with Gasteiger partial charge in [0.15, 0.2) is 0 Å². The summed E-state index contributed by atoms with van der Waals surface area (Å²) in [4.78, 5) is 0. The molecule has 1 aromatic rings. The Morgan fingerprint density at radius 1 is 1.21 bits per heavy atom. The monoisotopic (exact) mass is 278 g/mol. The Labute approximate surface area is 122 Å². The van der Waals surface area contributed by atoms with Gasteiger partial charge < -0.3 is 4.74 Å². The SMILES string of the molecule is CCCCC[C@H]1OCCC[C@@H]1SCc1ccccc1. The first kappa shape index (κ1) is 14.9. The zero-order valence-corrected chi connectivity index (χ0v) is 12.8. The summed E-state index contributed by atoms with van der Waals surface area (Å²) >= 11 is 2.09. The third kappa shape index (κ3) is 5.19. The molecule has 0 radical (unpaired) electrons. The molecular formula is C17H26OS. The second-order valence-corrected chi connectivity index (χ2v) is 6.61. The van der Waals surface area contributed by atoms with E-state index in [1.165, 1.54) is 44.1 Å². The Hall–Kier alpha value is -0.470. The molecule has 1 aromatic carbocycles. The molecule has 0 saturated carbocycles. The van der Waals surface area contributed by atoms with Gasteiger partial charge in [-0.05, 0) is 24.8 Å². The lowest BCUT2D eigenvalue weighted by Gasteiger charge is -2.31. The molecule has 0 N–H and O–H groups in total. The smallest absolute Gasteiger partial charge is 0.0693 e. The van der Waals surface area contributed by atoms with Gasteiger partial charge in [-0.15, -0.1) is 0 Å². The minimum Gasteiger partial charge on any atom is -0.377 e. The molecule has 1 nitrogen and oxygen atoms in total. The summed E-state index contributed by atoms with van der Waals surface area (Å²) in [5.41, 5.74) is 1.44. The minimum atomic E-state index is 0.494. The Kier molecular flexibility index (Phi) is 6.80. The molecule has 2 rings (SSSR count). The first-order valence-electron chi connectivity index (χ1n) is 7.67. The molecule has 2 heteroatoms. The van der Waals surface area contributed by atoms with E-state index in [0.717, 1.165) is 12.4 Å². The first-order chi connectivity index (χ1) is 9.40. The van der Waals surface area contributed by atoms with Gasteiger partial charge in [0.1, 0.15) is 0 Å². The van der Waals surface area contributed by atoms with Crippen molar-refractivity contribution in [3.63, 3.8) is 0 Å². The van der Waals surface area contributed by atoms with Crippen LogP contribution in [0.1, 0.15) is 51.0 Å². The van der Waals surface area contributed by atoms with Crippen molar-refractivity contribution >= 4 is 11.8 Å². The third-order valence-corrected chi connectivity index (χ3v) is 5.25. The van der Waals surface area contributed by atoms with Crippen LogP contribution in [0.2, 0.25) is 0 Å². The molecule has 0 aromatic heterocycles. The van der Waals surface area contributed by atoms with Gasteiger partial charge in [-0.25, -0.2) is 0 Å². The predicted molar refractivity (Wildman–Crippen MR) is 84.6 cm³/mol. The number of hydrogen-bond acceptors (Lipinski definition) is 2. The maximum absolute atomic E-state index is 6.00. The summed E-state index contributed by atoms with van der Waals surface area (Å²) in [6, 6.07) is 10.8. The second kappa shape index (κ2) is 8.65. The van der Waals surface area contributed by atoms with E-state index in [0.29, 0.717) is 11.4 Å². The van der Waals surface area contributed by atoms with Crippen LogP contribution in [0.3, 0.4) is 0 Å². The van der Waals surface area contributed by atoms with Crippen LogP contribution in [0.5, 0.6) is 0 Å². The quantitative estimate of drug-likeness (QED) is 0.646. The molecule has 0 aliphatic carbocycles. The van der Waals surface area contributed by atoms with Crippen molar-refractivity contribution < 1.29 is 4.74 Å². The maximum atomic E-state index is 6.00. The predicted octanol–water partition coefficient (Wildman–Crippen LogP) is 5.05. The van der Waals surface area contributed by atoms with Crippen molar-refractivity contribution in [1.82, 2.24) is 0 Å². The highest BCUT2D eigenvalue weighted by Gasteiger charge is 2.25. The van der Waals surface area contributed by atoms with E-state index < -0.39 is 0 Å². The summed E-state index contributed by atoms with van der Waals surface area (Å²) in [6.07, 6.45) is 8.27. The van der Waals surface area contributed by atoms with Crippen LogP contribution in [-0.2, 0) is 10.5 Å². The van der Waals surface area contributed by atoms with E-state index in [4.69, 9.17) is 4.74 Å². The number of rotatable bonds is 7. The van der Waals surface area contributed by atoms with Gasteiger partial charge in [-0.1, -0.05) is 56.5 Å². The first-order valence-corrected chi connectivity index (χ1v) is 8.72. The van der Waals surface area contributed by atoms with Crippen LogP contribution in [-0.4, -0.2) is 18.0 Å². The van der Waals surface area contributed by atoms with Gasteiger partial charge in [-0.3, -0.25) is 0 Å². The highest BCUT2D eigenvalue weighted by molar-refractivity contribution is 7.99. The summed E-state index contributed by atoms with van der Waals surface area (Å²) in [6.45, 7) is 3.24. The van der Waals surface area contributed by atoms with Gasteiger partial charge in [0, 0.05) is 17.6 Å². The average Bonchev–Trinajstić information content (AvgIpc) is 2.48. The highest BCUT2D eigenvalue weighted by Crippen LogP contribution is 2.31. The lowest BCUT2D eigenvalue weighted by Crippen LogP contribution is -2.32. The van der Waals surface area contributed by atoms with Gasteiger partial charge in [0.25, 0.3) is 0 Å². The van der Waals surface area contributed by atoms with Gasteiger partial charge in [0.05, 0.1) is 6.10 Å². The second-order valence-electron chi connectivity index (χ2n) is 5.38. The number of unbranched alkanes of at least 4 members (excludes halogenated alkanes) is 2. The fourth-order valence-corrected chi connectivity index (χ4v) is 4.01. The van der Waals surface area contributed by atoms with Crippen LogP contribution in [0.15, 0.2) is 30.3 Å². The number of ether oxygens (including phenoxy) is 1. The van der Waals surface area contributed by atoms with Crippen LogP contribution < -0.4 is 0 Å². The van der Waals surface area contributed by atoms with E-state index >= 15 is 0 Å². The van der Waals surface area contributed by atoms with E-state index in [2.05, 4.69) is 49.0 Å². The number of hydrogen-bond donors (Lipinski definition) is 0. The fourth-order valence-electron chi connectivity index (χ4n) is 2.65. The van der Waals surface area contributed by atoms with E-state index in [9.17, 15) is 0 Å². The topological polar surface area (TPSA) is 9.23 Å². The van der Waals surface area contributed by atoms with Crippen LogP contribution in [0.25, 0.3) is 0 Å². The average molecular weight is 278 g/mol. The Balaban J connectivity index is 1.78. The molecule has 1 saturated heterocycles. The number of benzene rings is 1. The highest BCUT2D eigenvalue weighted by atomic mass is 32.2. The largest absolute Gasteiger partial charge is 0.377 e. The summed E-state index contributed by atoms with van der Waals surface area (Å²) in [5.74, 6) is 1.12. The van der Waals surface area contributed by atoms with E-state index in [1.807, 2.05) is 0 Å². The third-order valence-electron chi connectivity index (χ3n) is 3.78. The molecule has 1 fully saturated rings. The zero-order valence-electron chi connectivity index (χ0n) is 12.0. The van der Waals surface area contributed by atoms with Crippen LogP contribution >= 0.6 is 11.8 Å². The molecule has 0 bridgehead atoms. The molecule has 1 aliphatic heterocycles. The van der Waals surface area contributed by atoms with Crippen molar-refractivity contribution in [2.24, 2.45) is 0 Å². The lowest BCUT2D eigenvalue weighted by atomic mass is 10.0. The summed E-state index contributed by atoms with van der Waals surface area (Å²) in [5, 5.41) is 0.700. The van der Waals surface area contributed by atoms with Crippen molar-refractivity contribution in [2.45, 2.75) is 62.6 Å². The van der Waals surface area contributed by atoms with Gasteiger partial charge >= 0.3 is 0 Å². The Morgan fingerprint density at radius 2 is 2.05 bits per heavy atom. The molecule has 19 heavy (non-hydrogen) atoms. The van der Waals surface area contributed by atoms with Crippen molar-refractivity contribution in [3.05, 3.63) is 35.9 Å². The van der Waals surface area contributed by atoms with Gasteiger partial charge in [-0.2, -0.15) is 11.8 Å². The summed E-state index contributed by atoms with van der Waals surface area (Å²) in [7, 11) is 0. The molecule has 1 aliphatic rings. The van der Waals surface area contributed by atoms with Crippen LogP contribution in [0.4, 0.5) is 0 Å². The molecule has 0 unspecified atom stereocenters. The molecule has 0 amide bonds. The Bertz CT molecular complexity index is 338. The van der Waals surface area contributed by atoms with Crippen molar-refractivity contribution in [3.8, 4) is 0 Å². The minimum absolute atomic E-state index is 0.494. The molecule has 2 atom stereocenters. The fraction of sp³-hybridized carbons (Fsp3) is 0.647. The van der Waals surface area contributed by atoms with Crippen molar-refractivity contribution in [2.75, 3.05) is 6.61 Å². The maximum Gasteiger partial charge on any atom is 0.0693 e. The zero-order chi connectivity index (χ0) is 13.3. The van der Waals surface area contributed by atoms with E-state index in [-0.39, 0.29) is 0 Å². The summed E-state index contributed by atoms with van der Waals surface area (Å²) < 4.78 is 6.00. The van der Waals surface area contributed by atoms with E-state index in [1.54, 1.807) is 0 Å². The van der Waals surface area contributed by atoms with Crippen molar-refractivity contribution in [1.29, 1.82) is 0 Å². The van der Waals surface area contributed by atoms with Crippen LogP contribution in [0, 0.1) is 0 Å². The molecular weight excluding hydrogens is 252 g/mol. The molecule has 1 heterocycles.